The topological polar surface area (TPSA) is 89.9 Å². The number of esters is 1. The summed E-state index contributed by atoms with van der Waals surface area (Å²) in [4.78, 5) is 32.6. The number of fused-ring (bicyclic) bond motifs is 3. The van der Waals surface area contributed by atoms with Crippen molar-refractivity contribution in [2.24, 2.45) is 5.92 Å². The van der Waals surface area contributed by atoms with Crippen LogP contribution in [0.2, 0.25) is 0 Å². The van der Waals surface area contributed by atoms with Crippen LogP contribution >= 0.6 is 11.3 Å². The lowest BCUT2D eigenvalue weighted by Gasteiger charge is -2.17. The average Bonchev–Trinajstić information content (AvgIpc) is 3.38. The Kier molecular flexibility index (Phi) is 4.87. The van der Waals surface area contributed by atoms with Gasteiger partial charge in [0.1, 0.15) is 16.3 Å². The fourth-order valence-corrected chi connectivity index (χ4v) is 5.74. The number of rotatable bonds is 4. The van der Waals surface area contributed by atoms with Crippen molar-refractivity contribution in [3.63, 3.8) is 0 Å². The molecule has 3 aromatic heterocycles. The van der Waals surface area contributed by atoms with Crippen LogP contribution in [0.4, 0.5) is 5.82 Å². The molecule has 2 aliphatic carbocycles. The van der Waals surface area contributed by atoms with E-state index >= 15 is 0 Å². The van der Waals surface area contributed by atoms with Gasteiger partial charge in [-0.2, -0.15) is 0 Å². The number of nitrogens with zero attached hydrogens (tertiary/aromatic N) is 4. The van der Waals surface area contributed by atoms with E-state index < -0.39 is 0 Å². The predicted molar refractivity (Wildman–Crippen MR) is 112 cm³/mol. The maximum absolute atomic E-state index is 11.9. The van der Waals surface area contributed by atoms with Crippen molar-refractivity contribution in [1.82, 2.24) is 19.9 Å². The molecular formula is C21H23N5O2S. The summed E-state index contributed by atoms with van der Waals surface area (Å²) in [5.74, 6) is 1.31. The summed E-state index contributed by atoms with van der Waals surface area (Å²) in [5.41, 5.74) is 2.06. The quantitative estimate of drug-likeness (QED) is 0.656. The van der Waals surface area contributed by atoms with E-state index in [1.165, 1.54) is 30.4 Å². The Morgan fingerprint density at radius 3 is 2.93 bits per heavy atom. The molecular weight excluding hydrogens is 386 g/mol. The smallest absolute Gasteiger partial charge is 0.308 e. The van der Waals surface area contributed by atoms with Crippen molar-refractivity contribution in [1.29, 1.82) is 0 Å². The number of aryl methyl sites for hydroxylation is 2. The van der Waals surface area contributed by atoms with E-state index in [1.807, 2.05) is 0 Å². The van der Waals surface area contributed by atoms with Crippen molar-refractivity contribution in [3.8, 4) is 11.5 Å². The number of thiophene rings is 1. The molecule has 29 heavy (non-hydrogen) atoms. The Morgan fingerprint density at radius 1 is 1.21 bits per heavy atom. The molecule has 150 valence electrons. The third kappa shape index (κ3) is 3.46. The molecule has 2 aliphatic rings. The Labute approximate surface area is 173 Å². The third-order valence-electron chi connectivity index (χ3n) is 5.91. The van der Waals surface area contributed by atoms with Crippen molar-refractivity contribution in [3.05, 3.63) is 29.0 Å². The van der Waals surface area contributed by atoms with E-state index in [0.717, 1.165) is 48.1 Å². The molecule has 1 N–H and O–H groups in total. The normalized spacial score (nSPS) is 21.1. The van der Waals surface area contributed by atoms with Crippen LogP contribution < -0.4 is 5.32 Å². The molecule has 3 heterocycles. The number of carbonyl (C=O) groups is 1. The number of anilines is 1. The van der Waals surface area contributed by atoms with Crippen molar-refractivity contribution < 1.29 is 9.53 Å². The first-order valence-corrected chi connectivity index (χ1v) is 11.0. The summed E-state index contributed by atoms with van der Waals surface area (Å²) in [6, 6.07) is 0.200. The number of ether oxygens (including phenoxy) is 1. The number of carbonyl (C=O) groups excluding carboxylic acids is 1. The van der Waals surface area contributed by atoms with Gasteiger partial charge in [-0.3, -0.25) is 9.78 Å². The molecule has 1 fully saturated rings. The lowest BCUT2D eigenvalue weighted by atomic mass is 9.97. The third-order valence-corrected chi connectivity index (χ3v) is 7.10. The molecule has 0 spiro atoms. The van der Waals surface area contributed by atoms with Crippen LogP contribution in [0.3, 0.4) is 0 Å². The van der Waals surface area contributed by atoms with E-state index in [4.69, 9.17) is 14.7 Å². The van der Waals surface area contributed by atoms with Crippen molar-refractivity contribution in [2.45, 2.75) is 51.0 Å². The number of aromatic nitrogens is 4. The maximum Gasteiger partial charge on any atom is 0.308 e. The predicted octanol–water partition coefficient (Wildman–Crippen LogP) is 3.78. The Hall–Kier alpha value is -2.61. The molecule has 0 unspecified atom stereocenters. The minimum absolute atomic E-state index is 0.0364. The van der Waals surface area contributed by atoms with Crippen LogP contribution in [0.25, 0.3) is 21.7 Å². The fraction of sp³-hybridized carbons (Fsp3) is 0.476. The maximum atomic E-state index is 11.9. The monoisotopic (exact) mass is 409 g/mol. The van der Waals surface area contributed by atoms with E-state index in [2.05, 4.69) is 15.3 Å². The van der Waals surface area contributed by atoms with Crippen molar-refractivity contribution >= 4 is 33.3 Å². The summed E-state index contributed by atoms with van der Waals surface area (Å²) < 4.78 is 4.94. The Bertz CT molecular complexity index is 1050. The van der Waals surface area contributed by atoms with Gasteiger partial charge in [0.25, 0.3) is 0 Å². The second kappa shape index (κ2) is 7.67. The Balaban J connectivity index is 1.55. The average molecular weight is 410 g/mol. The molecule has 0 bridgehead atoms. The zero-order chi connectivity index (χ0) is 19.8. The zero-order valence-corrected chi connectivity index (χ0v) is 17.2. The van der Waals surface area contributed by atoms with Crippen LogP contribution in [0.1, 0.15) is 42.5 Å². The van der Waals surface area contributed by atoms with Crippen LogP contribution in [-0.2, 0) is 22.4 Å². The minimum Gasteiger partial charge on any atom is -0.469 e. The van der Waals surface area contributed by atoms with Gasteiger partial charge >= 0.3 is 5.97 Å². The second-order valence-electron chi connectivity index (χ2n) is 7.75. The lowest BCUT2D eigenvalue weighted by molar-refractivity contribution is -0.145. The molecule has 1 saturated carbocycles. The number of hydrogen-bond acceptors (Lipinski definition) is 8. The largest absolute Gasteiger partial charge is 0.469 e. The summed E-state index contributed by atoms with van der Waals surface area (Å²) >= 11 is 1.78. The molecule has 2 atom stereocenters. The van der Waals surface area contributed by atoms with Gasteiger partial charge in [-0.05, 0) is 50.5 Å². The number of hydrogen-bond donors (Lipinski definition) is 1. The van der Waals surface area contributed by atoms with E-state index in [0.29, 0.717) is 11.5 Å². The summed E-state index contributed by atoms with van der Waals surface area (Å²) in [6.07, 6.45) is 12.2. The highest BCUT2D eigenvalue weighted by molar-refractivity contribution is 7.19. The van der Waals surface area contributed by atoms with Gasteiger partial charge in [-0.15, -0.1) is 11.3 Å². The highest BCUT2D eigenvalue weighted by Gasteiger charge is 2.32. The van der Waals surface area contributed by atoms with Crippen LogP contribution in [0.15, 0.2) is 18.6 Å². The second-order valence-corrected chi connectivity index (χ2v) is 8.84. The number of methoxy groups -OCH3 is 1. The molecule has 3 aromatic rings. The first kappa shape index (κ1) is 18.4. The van der Waals surface area contributed by atoms with E-state index in [-0.39, 0.29) is 17.9 Å². The minimum atomic E-state index is -0.115. The highest BCUT2D eigenvalue weighted by Crippen LogP contribution is 2.40. The van der Waals surface area contributed by atoms with Gasteiger partial charge in [0.05, 0.1) is 24.6 Å². The molecule has 7 nitrogen and oxygen atoms in total. The van der Waals surface area contributed by atoms with Gasteiger partial charge in [0.15, 0.2) is 5.82 Å². The van der Waals surface area contributed by atoms with Gasteiger partial charge in [0.2, 0.25) is 0 Å². The summed E-state index contributed by atoms with van der Waals surface area (Å²) in [7, 11) is 1.46. The van der Waals surface area contributed by atoms with Crippen LogP contribution in [-0.4, -0.2) is 39.1 Å². The summed E-state index contributed by atoms with van der Waals surface area (Å²) in [5, 5.41) is 4.79. The molecule has 0 aliphatic heterocycles. The standard InChI is InChI=1S/C21H23N5O2S/c1-28-21(27)12-6-7-13(10-12)24-19-17-14-4-2-3-5-16(14)29-20(17)26-18(25-19)15-11-22-8-9-23-15/h8-9,11-13H,2-7,10H2,1H3,(H,24,25,26)/t12-,13+/m0/s1. The molecule has 0 amide bonds. The number of nitrogens with one attached hydrogen (secondary N) is 1. The zero-order valence-electron chi connectivity index (χ0n) is 16.4. The highest BCUT2D eigenvalue weighted by atomic mass is 32.1. The molecule has 0 radical (unpaired) electrons. The van der Waals surface area contributed by atoms with E-state index in [1.54, 1.807) is 29.9 Å². The molecule has 8 heteroatoms. The van der Waals surface area contributed by atoms with Gasteiger partial charge in [0, 0.05) is 23.3 Å². The first-order valence-electron chi connectivity index (χ1n) is 10.2. The van der Waals surface area contributed by atoms with Crippen LogP contribution in [0, 0.1) is 5.92 Å². The van der Waals surface area contributed by atoms with Crippen molar-refractivity contribution in [2.75, 3.05) is 12.4 Å². The van der Waals surface area contributed by atoms with Gasteiger partial charge in [-0.1, -0.05) is 0 Å². The summed E-state index contributed by atoms with van der Waals surface area (Å²) in [6.45, 7) is 0. The first-order chi connectivity index (χ1) is 14.2. The molecule has 0 saturated heterocycles. The molecule has 0 aromatic carbocycles. The SMILES string of the molecule is COC(=O)[C@H]1CC[C@@H](Nc2nc(-c3cnccn3)nc3sc4c(c23)CCCC4)C1. The Morgan fingerprint density at radius 2 is 2.10 bits per heavy atom. The van der Waals surface area contributed by atoms with Gasteiger partial charge < -0.3 is 10.1 Å². The van der Waals surface area contributed by atoms with Crippen LogP contribution in [0.5, 0.6) is 0 Å². The molecule has 5 rings (SSSR count). The fourth-order valence-electron chi connectivity index (χ4n) is 4.48. The van der Waals surface area contributed by atoms with Gasteiger partial charge in [-0.25, -0.2) is 15.0 Å². The van der Waals surface area contributed by atoms with E-state index in [9.17, 15) is 4.79 Å². The lowest BCUT2D eigenvalue weighted by Crippen LogP contribution is -2.20.